The maximum atomic E-state index is 12.5. The van der Waals surface area contributed by atoms with Crippen molar-refractivity contribution in [3.05, 3.63) is 24.3 Å². The number of sulfone groups is 1. The number of alkyl halides is 3. The minimum absolute atomic E-state index is 0.161. The van der Waals surface area contributed by atoms with Crippen LogP contribution in [0.3, 0.4) is 0 Å². The Morgan fingerprint density at radius 1 is 1.00 bits per heavy atom. The van der Waals surface area contributed by atoms with Gasteiger partial charge in [0.2, 0.25) is 0 Å². The first kappa shape index (κ1) is 17.5. The van der Waals surface area contributed by atoms with Gasteiger partial charge in [-0.25, -0.2) is 8.42 Å². The number of rotatable bonds is 3. The number of anilines is 1. The zero-order valence-corrected chi connectivity index (χ0v) is 13.6. The average Bonchev–Trinajstić information content (AvgIpc) is 3.08. The van der Waals surface area contributed by atoms with Crippen LogP contribution in [0, 0.1) is 5.92 Å². The van der Waals surface area contributed by atoms with Crippen LogP contribution in [0.5, 0.6) is 0 Å². The highest BCUT2D eigenvalue weighted by atomic mass is 32.2. The number of hydrogen-bond donors (Lipinski definition) is 0. The van der Waals surface area contributed by atoms with Crippen molar-refractivity contribution >= 4 is 15.5 Å². The summed E-state index contributed by atoms with van der Waals surface area (Å²) < 4.78 is 71.4. The molecule has 1 aromatic rings. The molecular weight excluding hydrogens is 347 g/mol. The topological polar surface area (TPSA) is 55.8 Å². The molecule has 2 fully saturated rings. The minimum atomic E-state index is -5.30. The molecule has 0 bridgehead atoms. The van der Waals surface area contributed by atoms with Gasteiger partial charge in [-0.2, -0.15) is 13.2 Å². The summed E-state index contributed by atoms with van der Waals surface area (Å²) in [7, 11) is -5.30. The van der Waals surface area contributed by atoms with Crippen LogP contribution in [-0.2, 0) is 19.3 Å². The molecule has 24 heavy (non-hydrogen) atoms. The van der Waals surface area contributed by atoms with Crippen LogP contribution in [0.2, 0.25) is 0 Å². The van der Waals surface area contributed by atoms with Crippen molar-refractivity contribution in [3.63, 3.8) is 0 Å². The third-order valence-corrected chi connectivity index (χ3v) is 5.89. The van der Waals surface area contributed by atoms with Gasteiger partial charge in [0, 0.05) is 24.7 Å². The Morgan fingerprint density at radius 3 is 2.04 bits per heavy atom. The normalized spacial score (nSPS) is 21.4. The molecule has 0 saturated carbocycles. The predicted octanol–water partition coefficient (Wildman–Crippen LogP) is 2.57. The summed E-state index contributed by atoms with van der Waals surface area (Å²) in [5, 5.41) is 0. The van der Waals surface area contributed by atoms with Gasteiger partial charge in [0.1, 0.15) is 0 Å². The van der Waals surface area contributed by atoms with E-state index in [-0.39, 0.29) is 6.29 Å². The van der Waals surface area contributed by atoms with Crippen molar-refractivity contribution in [2.24, 2.45) is 5.92 Å². The van der Waals surface area contributed by atoms with Crippen LogP contribution in [0.25, 0.3) is 0 Å². The Hall–Kier alpha value is -1.32. The molecule has 2 aliphatic heterocycles. The molecule has 0 radical (unpaired) electrons. The highest BCUT2D eigenvalue weighted by molar-refractivity contribution is 7.92. The molecule has 1 aromatic carbocycles. The van der Waals surface area contributed by atoms with Crippen molar-refractivity contribution < 1.29 is 31.1 Å². The Balaban J connectivity index is 1.65. The summed E-state index contributed by atoms with van der Waals surface area (Å²) in [6.45, 7) is 2.67. The lowest BCUT2D eigenvalue weighted by molar-refractivity contribution is -0.0889. The van der Waals surface area contributed by atoms with Gasteiger partial charge in [-0.15, -0.1) is 0 Å². The number of ether oxygens (including phenoxy) is 2. The van der Waals surface area contributed by atoms with E-state index in [1.54, 1.807) is 0 Å². The van der Waals surface area contributed by atoms with Crippen LogP contribution < -0.4 is 4.90 Å². The molecule has 2 aliphatic rings. The quantitative estimate of drug-likeness (QED) is 0.824. The number of nitrogens with zero attached hydrogens (tertiary/aromatic N) is 1. The van der Waals surface area contributed by atoms with Crippen molar-refractivity contribution in [1.82, 2.24) is 0 Å². The van der Waals surface area contributed by atoms with E-state index in [0.717, 1.165) is 38.1 Å². The summed E-state index contributed by atoms with van der Waals surface area (Å²) in [6.07, 6.45) is 1.55. The molecular formula is C15H18F3NO4S. The number of hydrogen-bond acceptors (Lipinski definition) is 5. The van der Waals surface area contributed by atoms with Gasteiger partial charge >= 0.3 is 5.51 Å². The summed E-state index contributed by atoms with van der Waals surface area (Å²) >= 11 is 0. The van der Waals surface area contributed by atoms with Gasteiger partial charge in [0.05, 0.1) is 18.1 Å². The maximum absolute atomic E-state index is 12.5. The summed E-state index contributed by atoms with van der Waals surface area (Å²) in [4.78, 5) is 1.29. The Kier molecular flexibility index (Phi) is 4.76. The molecule has 3 rings (SSSR count). The SMILES string of the molecule is O=S(=O)(c1ccc(N2CCC(C3OCCO3)CC2)cc1)C(F)(F)F. The van der Waals surface area contributed by atoms with Gasteiger partial charge < -0.3 is 14.4 Å². The Bertz CT molecular complexity index is 661. The number of benzene rings is 1. The zero-order valence-electron chi connectivity index (χ0n) is 12.8. The molecule has 0 aliphatic carbocycles. The van der Waals surface area contributed by atoms with Gasteiger partial charge in [-0.3, -0.25) is 0 Å². The second-order valence-electron chi connectivity index (χ2n) is 5.88. The van der Waals surface area contributed by atoms with E-state index in [1.165, 1.54) is 12.1 Å². The fourth-order valence-electron chi connectivity index (χ4n) is 3.05. The molecule has 0 atom stereocenters. The molecule has 0 N–H and O–H groups in total. The van der Waals surface area contributed by atoms with E-state index in [4.69, 9.17) is 9.47 Å². The van der Waals surface area contributed by atoms with Gasteiger partial charge in [0.15, 0.2) is 6.29 Å². The molecule has 2 saturated heterocycles. The molecule has 0 spiro atoms. The largest absolute Gasteiger partial charge is 0.501 e. The van der Waals surface area contributed by atoms with Crippen LogP contribution in [0.1, 0.15) is 12.8 Å². The molecule has 5 nitrogen and oxygen atoms in total. The molecule has 0 amide bonds. The first-order chi connectivity index (χ1) is 11.3. The molecule has 0 unspecified atom stereocenters. The third kappa shape index (κ3) is 3.38. The standard InChI is InChI=1S/C15H18F3NO4S/c16-15(17,18)24(20,21)13-3-1-12(2-4-13)19-7-5-11(6-8-19)14-22-9-10-23-14/h1-4,11,14H,5-10H2. The van der Waals surface area contributed by atoms with Gasteiger partial charge in [-0.1, -0.05) is 0 Å². The van der Waals surface area contributed by atoms with E-state index < -0.39 is 20.2 Å². The van der Waals surface area contributed by atoms with Crippen LogP contribution in [0.4, 0.5) is 18.9 Å². The highest BCUT2D eigenvalue weighted by Crippen LogP contribution is 2.32. The first-order valence-corrected chi connectivity index (χ1v) is 9.17. The predicted molar refractivity (Wildman–Crippen MR) is 80.3 cm³/mol. The molecule has 2 heterocycles. The summed E-state index contributed by atoms with van der Waals surface area (Å²) in [5.74, 6) is 0.314. The lowest BCUT2D eigenvalue weighted by atomic mass is 9.96. The second-order valence-corrected chi connectivity index (χ2v) is 7.82. The summed E-state index contributed by atoms with van der Waals surface area (Å²) in [5.41, 5.74) is -4.57. The first-order valence-electron chi connectivity index (χ1n) is 7.68. The Morgan fingerprint density at radius 2 is 1.54 bits per heavy atom. The summed E-state index contributed by atoms with van der Waals surface area (Å²) in [6, 6.07) is 4.85. The molecule has 0 aromatic heterocycles. The van der Waals surface area contributed by atoms with Crippen LogP contribution >= 0.6 is 0 Å². The smallest absolute Gasteiger partial charge is 0.372 e. The van der Waals surface area contributed by atoms with Gasteiger partial charge in [-0.05, 0) is 37.1 Å². The van der Waals surface area contributed by atoms with E-state index in [0.29, 0.717) is 24.8 Å². The number of halogens is 3. The van der Waals surface area contributed by atoms with E-state index in [2.05, 4.69) is 0 Å². The van der Waals surface area contributed by atoms with Crippen molar-refractivity contribution in [1.29, 1.82) is 0 Å². The Labute approximate surface area is 138 Å². The van der Waals surface area contributed by atoms with Crippen molar-refractivity contribution in [2.45, 2.75) is 29.5 Å². The van der Waals surface area contributed by atoms with Gasteiger partial charge in [0.25, 0.3) is 9.84 Å². The molecule has 134 valence electrons. The lowest BCUT2D eigenvalue weighted by Gasteiger charge is -2.35. The lowest BCUT2D eigenvalue weighted by Crippen LogP contribution is -2.38. The zero-order chi connectivity index (χ0) is 17.4. The van der Waals surface area contributed by atoms with E-state index in [1.807, 2.05) is 4.90 Å². The van der Waals surface area contributed by atoms with Crippen molar-refractivity contribution in [3.8, 4) is 0 Å². The van der Waals surface area contributed by atoms with E-state index in [9.17, 15) is 21.6 Å². The minimum Gasteiger partial charge on any atom is -0.372 e. The van der Waals surface area contributed by atoms with Crippen LogP contribution in [-0.4, -0.2) is 46.5 Å². The average molecular weight is 365 g/mol. The number of piperidine rings is 1. The van der Waals surface area contributed by atoms with E-state index >= 15 is 0 Å². The fourth-order valence-corrected chi connectivity index (χ4v) is 3.81. The monoisotopic (exact) mass is 365 g/mol. The third-order valence-electron chi connectivity index (χ3n) is 4.39. The second kappa shape index (κ2) is 6.53. The van der Waals surface area contributed by atoms with Crippen LogP contribution in [0.15, 0.2) is 29.2 Å². The maximum Gasteiger partial charge on any atom is 0.501 e. The highest BCUT2D eigenvalue weighted by Gasteiger charge is 2.46. The van der Waals surface area contributed by atoms with Crippen molar-refractivity contribution in [2.75, 3.05) is 31.2 Å². The fraction of sp³-hybridized carbons (Fsp3) is 0.600. The molecule has 9 heteroatoms.